The number of ketones is 1. The van der Waals surface area contributed by atoms with Crippen molar-refractivity contribution in [2.45, 2.75) is 27.2 Å². The maximum atomic E-state index is 13.0. The van der Waals surface area contributed by atoms with Gasteiger partial charge in [-0.05, 0) is 51.0 Å². The summed E-state index contributed by atoms with van der Waals surface area (Å²) in [6, 6.07) is 5.60. The first-order valence-corrected chi connectivity index (χ1v) is 9.74. The van der Waals surface area contributed by atoms with E-state index in [1.54, 1.807) is 6.07 Å². The molecule has 1 aromatic carbocycles. The van der Waals surface area contributed by atoms with Crippen LogP contribution in [0.1, 0.15) is 45.4 Å². The lowest BCUT2D eigenvalue weighted by Crippen LogP contribution is -2.35. The van der Waals surface area contributed by atoms with Gasteiger partial charge in [0.15, 0.2) is 5.78 Å². The summed E-state index contributed by atoms with van der Waals surface area (Å²) in [5.41, 5.74) is 3.61. The van der Waals surface area contributed by atoms with E-state index in [0.29, 0.717) is 40.9 Å². The number of carbonyl (C=O) groups is 2. The van der Waals surface area contributed by atoms with Crippen molar-refractivity contribution in [3.8, 4) is 0 Å². The highest BCUT2D eigenvalue weighted by molar-refractivity contribution is 6.42. The van der Waals surface area contributed by atoms with Gasteiger partial charge in [0.05, 0.1) is 10.0 Å². The number of benzene rings is 1. The summed E-state index contributed by atoms with van der Waals surface area (Å²) in [4.78, 5) is 32.0. The molecule has 1 N–H and O–H groups in total. The second-order valence-electron chi connectivity index (χ2n) is 6.91. The molecule has 0 bridgehead atoms. The van der Waals surface area contributed by atoms with Crippen LogP contribution in [0.3, 0.4) is 0 Å². The van der Waals surface area contributed by atoms with Crippen LogP contribution in [0.4, 0.5) is 5.69 Å². The third kappa shape index (κ3) is 3.99. The van der Waals surface area contributed by atoms with Crippen LogP contribution >= 0.6 is 23.2 Å². The maximum absolute atomic E-state index is 13.0. The summed E-state index contributed by atoms with van der Waals surface area (Å²) in [6.45, 7) is 8.00. The zero-order valence-electron chi connectivity index (χ0n) is 15.7. The monoisotopic (exact) mass is 407 g/mol. The number of nitrogens with zero attached hydrogens (tertiary/aromatic N) is 2. The minimum atomic E-state index is -0.0564. The van der Waals surface area contributed by atoms with Gasteiger partial charge < -0.3 is 14.8 Å². The number of amides is 1. The van der Waals surface area contributed by atoms with E-state index in [-0.39, 0.29) is 11.7 Å². The molecule has 1 amide bonds. The molecule has 27 heavy (non-hydrogen) atoms. The minimum absolute atomic E-state index is 0.0260. The van der Waals surface area contributed by atoms with Crippen molar-refractivity contribution in [3.63, 3.8) is 0 Å². The first-order valence-electron chi connectivity index (χ1n) is 8.99. The summed E-state index contributed by atoms with van der Waals surface area (Å²) < 4.78 is 0. The summed E-state index contributed by atoms with van der Waals surface area (Å²) in [5, 5.41) is 1.06. The molecule has 2 aromatic rings. The van der Waals surface area contributed by atoms with E-state index < -0.39 is 0 Å². The number of hydrogen-bond donors (Lipinski definition) is 1. The topological polar surface area (TPSA) is 56.4 Å². The van der Waals surface area contributed by atoms with Gasteiger partial charge in [0.25, 0.3) is 5.91 Å². The van der Waals surface area contributed by atoms with Crippen molar-refractivity contribution in [2.24, 2.45) is 0 Å². The van der Waals surface area contributed by atoms with Crippen LogP contribution in [-0.4, -0.2) is 47.8 Å². The van der Waals surface area contributed by atoms with Gasteiger partial charge in [0.2, 0.25) is 0 Å². The van der Waals surface area contributed by atoms with Gasteiger partial charge in [-0.3, -0.25) is 9.59 Å². The Morgan fingerprint density at radius 2 is 1.78 bits per heavy atom. The smallest absolute Gasteiger partial charge is 0.270 e. The molecule has 0 unspecified atom stereocenters. The van der Waals surface area contributed by atoms with Crippen molar-refractivity contribution in [1.29, 1.82) is 0 Å². The van der Waals surface area contributed by atoms with Gasteiger partial charge in [-0.15, -0.1) is 0 Å². The highest BCUT2D eigenvalue weighted by Crippen LogP contribution is 2.28. The first kappa shape index (κ1) is 19.8. The summed E-state index contributed by atoms with van der Waals surface area (Å²) in [6.07, 6.45) is 0.851. The highest BCUT2D eigenvalue weighted by atomic mass is 35.5. The lowest BCUT2D eigenvalue weighted by atomic mass is 10.1. The molecular formula is C20H23Cl2N3O2. The van der Waals surface area contributed by atoms with Crippen molar-refractivity contribution < 1.29 is 9.59 Å². The van der Waals surface area contributed by atoms with Gasteiger partial charge in [0.1, 0.15) is 5.69 Å². The summed E-state index contributed by atoms with van der Waals surface area (Å²) >= 11 is 12.1. The van der Waals surface area contributed by atoms with E-state index in [2.05, 4.69) is 9.88 Å². The molecule has 3 rings (SSSR count). The maximum Gasteiger partial charge on any atom is 0.270 e. The minimum Gasteiger partial charge on any atom is -0.370 e. The van der Waals surface area contributed by atoms with Crippen LogP contribution in [0.25, 0.3) is 0 Å². The molecule has 1 saturated heterocycles. The molecule has 0 spiro atoms. The molecule has 0 atom stereocenters. The fraction of sp³-hybridized carbons (Fsp3) is 0.400. The Balaban J connectivity index is 1.76. The van der Waals surface area contributed by atoms with Crippen LogP contribution in [0.5, 0.6) is 0 Å². The number of Topliss-reactive ketones (excluding diaryl/α,β-unsaturated/α-hetero) is 1. The van der Waals surface area contributed by atoms with E-state index in [9.17, 15) is 9.59 Å². The molecule has 1 aliphatic heterocycles. The quantitative estimate of drug-likeness (QED) is 0.762. The van der Waals surface area contributed by atoms with Crippen molar-refractivity contribution in [3.05, 3.63) is 50.8 Å². The molecule has 2 heterocycles. The van der Waals surface area contributed by atoms with Crippen molar-refractivity contribution in [1.82, 2.24) is 9.88 Å². The molecule has 1 aliphatic rings. The van der Waals surface area contributed by atoms with Crippen LogP contribution in [0.2, 0.25) is 10.0 Å². The largest absolute Gasteiger partial charge is 0.370 e. The predicted octanol–water partition coefficient (Wildman–Crippen LogP) is 4.49. The zero-order chi connectivity index (χ0) is 19.7. The number of aromatic nitrogens is 1. The lowest BCUT2D eigenvalue weighted by Gasteiger charge is -2.24. The van der Waals surface area contributed by atoms with Gasteiger partial charge in [-0.2, -0.15) is 0 Å². The fourth-order valence-electron chi connectivity index (χ4n) is 3.71. The second kappa shape index (κ2) is 7.95. The standard InChI is InChI=1S/C20H23Cl2N3O2/c1-12-18(14(3)26)13(2)23-19(12)20(27)25-8-4-7-24(9-10-25)15-5-6-16(21)17(22)11-15/h5-6,11,23H,4,7-10H2,1-3H3. The van der Waals surface area contributed by atoms with Gasteiger partial charge in [-0.1, -0.05) is 23.2 Å². The Morgan fingerprint density at radius 1 is 1.04 bits per heavy atom. The number of aryl methyl sites for hydroxylation is 1. The van der Waals surface area contributed by atoms with E-state index in [1.807, 2.05) is 30.9 Å². The average molecular weight is 408 g/mol. The first-order chi connectivity index (χ1) is 12.8. The molecule has 0 aliphatic carbocycles. The van der Waals surface area contributed by atoms with Gasteiger partial charge in [0, 0.05) is 43.1 Å². The second-order valence-corrected chi connectivity index (χ2v) is 7.73. The highest BCUT2D eigenvalue weighted by Gasteiger charge is 2.25. The Labute approximate surface area is 169 Å². The Hall–Kier alpha value is -1.98. The molecule has 0 saturated carbocycles. The number of halogens is 2. The fourth-order valence-corrected chi connectivity index (χ4v) is 4.00. The number of anilines is 1. The van der Waals surface area contributed by atoms with E-state index in [1.165, 1.54) is 6.92 Å². The van der Waals surface area contributed by atoms with E-state index in [0.717, 1.165) is 29.9 Å². The molecule has 5 nitrogen and oxygen atoms in total. The number of rotatable bonds is 3. The van der Waals surface area contributed by atoms with Crippen molar-refractivity contribution in [2.75, 3.05) is 31.1 Å². The van der Waals surface area contributed by atoms with Crippen LogP contribution in [0, 0.1) is 13.8 Å². The molecular weight excluding hydrogens is 385 g/mol. The summed E-state index contributed by atoms with van der Waals surface area (Å²) in [5.74, 6) is -0.0824. The van der Waals surface area contributed by atoms with E-state index >= 15 is 0 Å². The predicted molar refractivity (Wildman–Crippen MR) is 109 cm³/mol. The van der Waals surface area contributed by atoms with Crippen LogP contribution in [0.15, 0.2) is 18.2 Å². The lowest BCUT2D eigenvalue weighted by molar-refractivity contribution is 0.0761. The molecule has 7 heteroatoms. The summed E-state index contributed by atoms with van der Waals surface area (Å²) in [7, 11) is 0. The van der Waals surface area contributed by atoms with E-state index in [4.69, 9.17) is 23.2 Å². The van der Waals surface area contributed by atoms with Crippen LogP contribution in [-0.2, 0) is 0 Å². The number of carbonyl (C=O) groups excluding carboxylic acids is 2. The zero-order valence-corrected chi connectivity index (χ0v) is 17.2. The molecule has 1 aromatic heterocycles. The Kier molecular flexibility index (Phi) is 5.82. The number of nitrogens with one attached hydrogen (secondary N) is 1. The molecule has 0 radical (unpaired) electrons. The third-order valence-corrected chi connectivity index (χ3v) is 5.79. The van der Waals surface area contributed by atoms with Crippen LogP contribution < -0.4 is 4.90 Å². The normalized spacial score (nSPS) is 15.0. The number of H-pyrrole nitrogens is 1. The molecule has 144 valence electrons. The number of aromatic amines is 1. The Morgan fingerprint density at radius 3 is 2.41 bits per heavy atom. The third-order valence-electron chi connectivity index (χ3n) is 5.05. The Bertz CT molecular complexity index is 892. The molecule has 1 fully saturated rings. The van der Waals surface area contributed by atoms with Crippen molar-refractivity contribution >= 4 is 40.6 Å². The van der Waals surface area contributed by atoms with Gasteiger partial charge >= 0.3 is 0 Å². The number of hydrogen-bond acceptors (Lipinski definition) is 3. The average Bonchev–Trinajstić information content (AvgIpc) is 2.79. The SMILES string of the molecule is CC(=O)c1c(C)[nH]c(C(=O)N2CCCN(c3ccc(Cl)c(Cl)c3)CC2)c1C. The van der Waals surface area contributed by atoms with Gasteiger partial charge in [-0.25, -0.2) is 0 Å².